The van der Waals surface area contributed by atoms with Gasteiger partial charge in [-0.3, -0.25) is 0 Å². The van der Waals surface area contributed by atoms with Gasteiger partial charge in [0.2, 0.25) is 0 Å². The minimum Gasteiger partial charge on any atom is -0.146 e. The average Bonchev–Trinajstić information content (AvgIpc) is 2.19. The van der Waals surface area contributed by atoms with E-state index in [1.807, 2.05) is 0 Å². The van der Waals surface area contributed by atoms with Gasteiger partial charge in [-0.1, -0.05) is 45.7 Å². The molecule has 0 aliphatic carbocycles. The summed E-state index contributed by atoms with van der Waals surface area (Å²) in [5.41, 5.74) is 1.74. The molecule has 0 spiro atoms. The van der Waals surface area contributed by atoms with Crippen LogP contribution in [0.2, 0.25) is 0 Å². The lowest BCUT2D eigenvalue weighted by Gasteiger charge is -1.81. The van der Waals surface area contributed by atoms with Crippen molar-refractivity contribution >= 4 is 45.7 Å². The maximum atomic E-state index is 3.83. The van der Waals surface area contributed by atoms with Crippen molar-refractivity contribution < 1.29 is 0 Å². The van der Waals surface area contributed by atoms with Crippen LogP contribution in [0, 0.1) is 0 Å². The Balaban J connectivity index is 2.50. The quantitative estimate of drug-likeness (QED) is 0.461. The molecule has 0 saturated carbocycles. The zero-order chi connectivity index (χ0) is 5.82. The van der Waals surface area contributed by atoms with Crippen LogP contribution >= 0.6 is 45.7 Å². The lowest BCUT2D eigenvalue weighted by atomic mass is 11.6. The normalized spacial score (nSPS) is 9.62. The third-order valence-electron chi connectivity index (χ3n) is 0.518. The molecule has 0 bridgehead atoms. The topological polar surface area (TPSA) is 25.8 Å². The van der Waals surface area contributed by atoms with Crippen LogP contribution in [0.4, 0.5) is 0 Å². The lowest BCUT2D eigenvalue weighted by molar-refractivity contribution is 1.01. The van der Waals surface area contributed by atoms with E-state index in [0.29, 0.717) is 0 Å². The molecule has 0 saturated heterocycles. The Morgan fingerprint density at radius 3 is 3.25 bits per heavy atom. The summed E-state index contributed by atoms with van der Waals surface area (Å²) in [6.45, 7) is 0. The zero-order valence-corrected chi connectivity index (χ0v) is 7.66. The Kier molecular flexibility index (Phi) is 3.06. The predicted molar refractivity (Wildman–Crippen MR) is 44.7 cm³/mol. The van der Waals surface area contributed by atoms with E-state index < -0.39 is 0 Å². The minimum absolute atomic E-state index is 1.05. The molecule has 0 fully saturated rings. The largest absolute Gasteiger partial charge is 0.174 e. The molecule has 0 N–H and O–H groups in total. The molecule has 5 heteroatoms. The van der Waals surface area contributed by atoms with E-state index in [9.17, 15) is 0 Å². The number of nitrogens with zero attached hydrogens (tertiary/aromatic N) is 2. The molecule has 0 atom stereocenters. The van der Waals surface area contributed by atoms with E-state index in [1.165, 1.54) is 0 Å². The monoisotopic (exact) mass is 258 g/mol. The summed E-state index contributed by atoms with van der Waals surface area (Å²) < 4.78 is 2.10. The van der Waals surface area contributed by atoms with E-state index in [0.717, 1.165) is 8.10 Å². The molecular weight excluding hydrogens is 255 g/mol. The van der Waals surface area contributed by atoms with E-state index in [2.05, 4.69) is 32.8 Å². The summed E-state index contributed by atoms with van der Waals surface area (Å²) in [6.07, 6.45) is 0. The van der Waals surface area contributed by atoms with Gasteiger partial charge in [0, 0.05) is 0 Å². The van der Waals surface area contributed by atoms with Crippen molar-refractivity contribution in [2.75, 3.05) is 3.76 Å². The number of alkyl halides is 1. The Labute approximate surface area is 69.2 Å². The third-order valence-corrected chi connectivity index (χ3v) is 3.02. The maximum Gasteiger partial charge on any atom is 0.174 e. The molecule has 8 heavy (non-hydrogen) atoms. The van der Waals surface area contributed by atoms with E-state index in [1.54, 1.807) is 28.6 Å². The second-order valence-electron chi connectivity index (χ2n) is 0.958. The van der Waals surface area contributed by atoms with Crippen molar-refractivity contribution in [3.05, 3.63) is 5.51 Å². The molecule has 0 unspecified atom stereocenters. The summed E-state index contributed by atoms with van der Waals surface area (Å²) in [7, 11) is 0. The Hall–Kier alpha value is 0.640. The highest BCUT2D eigenvalue weighted by molar-refractivity contribution is 14.1. The van der Waals surface area contributed by atoms with Gasteiger partial charge in [-0.15, -0.1) is 10.2 Å². The van der Waals surface area contributed by atoms with Crippen LogP contribution in [0.1, 0.15) is 0 Å². The molecule has 0 aliphatic rings. The zero-order valence-electron chi connectivity index (χ0n) is 3.87. The number of hydrogen-bond acceptors (Lipinski definition) is 4. The molecule has 1 heterocycles. The first-order chi connectivity index (χ1) is 3.93. The Morgan fingerprint density at radius 1 is 1.88 bits per heavy atom. The first-order valence-electron chi connectivity index (χ1n) is 1.88. The van der Waals surface area contributed by atoms with Gasteiger partial charge in [0.15, 0.2) is 4.34 Å². The van der Waals surface area contributed by atoms with Gasteiger partial charge < -0.3 is 0 Å². The molecule has 0 radical (unpaired) electrons. The van der Waals surface area contributed by atoms with Crippen molar-refractivity contribution in [3.63, 3.8) is 0 Å². The molecule has 0 amide bonds. The fourth-order valence-electron chi connectivity index (χ4n) is 0.272. The van der Waals surface area contributed by atoms with Crippen molar-refractivity contribution in [2.24, 2.45) is 0 Å². The molecule has 0 aliphatic heterocycles. The van der Waals surface area contributed by atoms with Crippen molar-refractivity contribution in [2.45, 2.75) is 4.34 Å². The van der Waals surface area contributed by atoms with E-state index in [-0.39, 0.29) is 0 Å². The fourth-order valence-corrected chi connectivity index (χ4v) is 2.85. The molecule has 44 valence electrons. The molecular formula is C3H3IN2S2. The van der Waals surface area contributed by atoms with Crippen LogP contribution < -0.4 is 0 Å². The van der Waals surface area contributed by atoms with Crippen LogP contribution in [0.5, 0.6) is 0 Å². The van der Waals surface area contributed by atoms with Gasteiger partial charge in [-0.05, 0) is 0 Å². The van der Waals surface area contributed by atoms with Crippen molar-refractivity contribution in [1.82, 2.24) is 10.2 Å². The Morgan fingerprint density at radius 2 is 2.75 bits per heavy atom. The summed E-state index contributed by atoms with van der Waals surface area (Å²) in [4.78, 5) is 0. The van der Waals surface area contributed by atoms with Gasteiger partial charge in [0.05, 0.1) is 3.76 Å². The SMILES string of the molecule is ICSc1nncs1. The molecule has 2 nitrogen and oxygen atoms in total. The van der Waals surface area contributed by atoms with Crippen LogP contribution in [0.3, 0.4) is 0 Å². The van der Waals surface area contributed by atoms with Gasteiger partial charge in [0.25, 0.3) is 0 Å². The van der Waals surface area contributed by atoms with Crippen LogP contribution in [-0.2, 0) is 0 Å². The second-order valence-corrected chi connectivity index (χ2v) is 4.81. The third kappa shape index (κ3) is 1.87. The van der Waals surface area contributed by atoms with Gasteiger partial charge in [-0.2, -0.15) is 0 Å². The number of rotatable bonds is 2. The fraction of sp³-hybridized carbons (Fsp3) is 0.333. The number of thioether (sulfide) groups is 1. The van der Waals surface area contributed by atoms with Gasteiger partial charge >= 0.3 is 0 Å². The lowest BCUT2D eigenvalue weighted by Crippen LogP contribution is -1.66. The van der Waals surface area contributed by atoms with Crippen LogP contribution in [-0.4, -0.2) is 14.0 Å². The van der Waals surface area contributed by atoms with E-state index >= 15 is 0 Å². The highest BCUT2D eigenvalue weighted by atomic mass is 127. The molecule has 0 aromatic carbocycles. The van der Waals surface area contributed by atoms with E-state index in [4.69, 9.17) is 0 Å². The summed E-state index contributed by atoms with van der Waals surface area (Å²) >= 11 is 5.59. The molecule has 1 aromatic rings. The van der Waals surface area contributed by atoms with Crippen molar-refractivity contribution in [1.29, 1.82) is 0 Å². The first-order valence-corrected chi connectivity index (χ1v) is 5.27. The molecule has 1 aromatic heterocycles. The second kappa shape index (κ2) is 3.62. The van der Waals surface area contributed by atoms with Gasteiger partial charge in [0.1, 0.15) is 5.51 Å². The number of halogens is 1. The summed E-state index contributed by atoms with van der Waals surface area (Å²) in [5, 5.41) is 7.52. The summed E-state index contributed by atoms with van der Waals surface area (Å²) in [5.74, 6) is 0. The Bertz CT molecular complexity index is 141. The van der Waals surface area contributed by atoms with Crippen molar-refractivity contribution in [3.8, 4) is 0 Å². The predicted octanol–water partition coefficient (Wildman–Crippen LogP) is 2.02. The highest BCUT2D eigenvalue weighted by Crippen LogP contribution is 2.20. The number of hydrogen-bond donors (Lipinski definition) is 0. The van der Waals surface area contributed by atoms with Gasteiger partial charge in [-0.25, -0.2) is 0 Å². The maximum absolute atomic E-state index is 3.83. The molecule has 1 rings (SSSR count). The first kappa shape index (κ1) is 6.76. The number of aromatic nitrogens is 2. The van der Waals surface area contributed by atoms with Crippen LogP contribution in [0.15, 0.2) is 9.85 Å². The average molecular weight is 258 g/mol. The standard InChI is InChI=1S/C3H3IN2S2/c4-1-7-3-6-5-2-8-3/h2H,1H2. The summed E-state index contributed by atoms with van der Waals surface area (Å²) in [6, 6.07) is 0. The van der Waals surface area contributed by atoms with Crippen LogP contribution in [0.25, 0.3) is 0 Å². The smallest absolute Gasteiger partial charge is 0.146 e. The minimum atomic E-state index is 1.05. The highest BCUT2D eigenvalue weighted by Gasteiger charge is 1.91.